The zero-order valence-corrected chi connectivity index (χ0v) is 11.7. The molecule has 5 nitrogen and oxygen atoms in total. The van der Waals surface area contributed by atoms with Crippen molar-refractivity contribution in [3.63, 3.8) is 0 Å². The number of nitrogen functional groups attached to an aromatic ring is 1. The number of carbonyl (C=O) groups is 1. The summed E-state index contributed by atoms with van der Waals surface area (Å²) in [6.07, 6.45) is 0.753. The van der Waals surface area contributed by atoms with Crippen LogP contribution in [0.3, 0.4) is 0 Å². The van der Waals surface area contributed by atoms with E-state index in [1.54, 1.807) is 24.3 Å². The zero-order valence-electron chi connectivity index (χ0n) is 11.7. The van der Waals surface area contributed by atoms with Crippen molar-refractivity contribution in [3.8, 4) is 5.75 Å². The maximum Gasteiger partial charge on any atom is 0.251 e. The Bertz CT molecular complexity index is 555. The third kappa shape index (κ3) is 4.81. The van der Waals surface area contributed by atoms with Gasteiger partial charge in [-0.15, -0.1) is 0 Å². The molecule has 0 unspecified atom stereocenters. The highest BCUT2D eigenvalue weighted by atomic mass is 16.5. The van der Waals surface area contributed by atoms with Crippen molar-refractivity contribution in [3.05, 3.63) is 60.2 Å². The highest BCUT2D eigenvalue weighted by Gasteiger charge is 2.04. The average Bonchev–Trinajstić information content (AvgIpc) is 2.55. The normalized spacial score (nSPS) is 9.95. The first kappa shape index (κ1) is 14.9. The molecular weight excluding hydrogens is 266 g/mol. The summed E-state index contributed by atoms with van der Waals surface area (Å²) in [5, 5.41) is 2.85. The van der Waals surface area contributed by atoms with Crippen LogP contribution < -0.4 is 21.3 Å². The number of hydrogen-bond acceptors (Lipinski definition) is 4. The lowest BCUT2D eigenvalue weighted by molar-refractivity contribution is 0.0951. The molecule has 0 aliphatic heterocycles. The molecule has 110 valence electrons. The Labute approximate surface area is 124 Å². The molecule has 4 N–H and O–H groups in total. The summed E-state index contributed by atoms with van der Waals surface area (Å²) < 4.78 is 5.55. The van der Waals surface area contributed by atoms with E-state index < -0.39 is 0 Å². The van der Waals surface area contributed by atoms with E-state index in [4.69, 9.17) is 10.6 Å². The summed E-state index contributed by atoms with van der Waals surface area (Å²) in [5.41, 5.74) is 3.90. The molecule has 21 heavy (non-hydrogen) atoms. The van der Waals surface area contributed by atoms with Crippen LogP contribution in [0.15, 0.2) is 54.6 Å². The summed E-state index contributed by atoms with van der Waals surface area (Å²) in [6.45, 7) is 1.14. The molecule has 0 saturated heterocycles. The minimum absolute atomic E-state index is 0.0988. The lowest BCUT2D eigenvalue weighted by Crippen LogP contribution is -2.25. The van der Waals surface area contributed by atoms with E-state index >= 15 is 0 Å². The highest BCUT2D eigenvalue weighted by molar-refractivity contribution is 5.94. The predicted molar refractivity (Wildman–Crippen MR) is 83.1 cm³/mol. The summed E-state index contributed by atoms with van der Waals surface area (Å²) in [5.74, 6) is 6.02. The van der Waals surface area contributed by atoms with Gasteiger partial charge in [-0.1, -0.05) is 18.2 Å². The molecule has 2 aromatic rings. The Morgan fingerprint density at radius 2 is 1.76 bits per heavy atom. The van der Waals surface area contributed by atoms with Crippen LogP contribution in [0.2, 0.25) is 0 Å². The quantitative estimate of drug-likeness (QED) is 0.414. The first-order valence-electron chi connectivity index (χ1n) is 6.82. The maximum atomic E-state index is 11.9. The van der Waals surface area contributed by atoms with Crippen LogP contribution in [0.5, 0.6) is 5.75 Å². The molecule has 0 fully saturated rings. The number of benzene rings is 2. The van der Waals surface area contributed by atoms with Gasteiger partial charge in [-0.3, -0.25) is 10.6 Å². The largest absolute Gasteiger partial charge is 0.494 e. The molecule has 0 spiro atoms. The number of ether oxygens (including phenoxy) is 1. The topological polar surface area (TPSA) is 76.4 Å². The van der Waals surface area contributed by atoms with E-state index in [-0.39, 0.29) is 5.91 Å². The van der Waals surface area contributed by atoms with Gasteiger partial charge in [-0.05, 0) is 42.8 Å². The maximum absolute atomic E-state index is 11.9. The molecule has 1 amide bonds. The molecule has 0 bridgehead atoms. The third-order valence-electron chi connectivity index (χ3n) is 2.93. The molecule has 0 aromatic heterocycles. The predicted octanol–water partition coefficient (Wildman–Crippen LogP) is 2.17. The molecule has 5 heteroatoms. The molecule has 0 aliphatic carbocycles. The Balaban J connectivity index is 1.67. The van der Waals surface area contributed by atoms with E-state index in [1.165, 1.54) is 0 Å². The Morgan fingerprint density at radius 3 is 2.43 bits per heavy atom. The lowest BCUT2D eigenvalue weighted by atomic mass is 10.2. The van der Waals surface area contributed by atoms with Crippen molar-refractivity contribution in [2.75, 3.05) is 18.6 Å². The standard InChI is InChI=1S/C16H19N3O2/c17-19-14-9-7-13(8-10-14)16(20)18-11-4-12-21-15-5-2-1-3-6-15/h1-3,5-10,19H,4,11-12,17H2,(H,18,20). The van der Waals surface area contributed by atoms with E-state index in [2.05, 4.69) is 10.7 Å². The van der Waals surface area contributed by atoms with Crippen LogP contribution in [0.1, 0.15) is 16.8 Å². The number of para-hydroxylation sites is 1. The van der Waals surface area contributed by atoms with Crippen LogP contribution in [0.25, 0.3) is 0 Å². The van der Waals surface area contributed by atoms with Crippen molar-refractivity contribution < 1.29 is 9.53 Å². The molecular formula is C16H19N3O2. The zero-order chi connectivity index (χ0) is 14.9. The number of nitrogens with two attached hydrogens (primary N) is 1. The van der Waals surface area contributed by atoms with Crippen molar-refractivity contribution in [1.29, 1.82) is 0 Å². The van der Waals surface area contributed by atoms with Crippen molar-refractivity contribution in [1.82, 2.24) is 5.32 Å². The fourth-order valence-corrected chi connectivity index (χ4v) is 1.80. The van der Waals surface area contributed by atoms with Gasteiger partial charge < -0.3 is 15.5 Å². The fourth-order valence-electron chi connectivity index (χ4n) is 1.80. The van der Waals surface area contributed by atoms with Gasteiger partial charge in [0, 0.05) is 17.8 Å². The number of hydrazine groups is 1. The van der Waals surface area contributed by atoms with Gasteiger partial charge in [0.05, 0.1) is 6.61 Å². The molecule has 0 saturated carbocycles. The van der Waals surface area contributed by atoms with Gasteiger partial charge in [0.15, 0.2) is 0 Å². The number of rotatable bonds is 7. The smallest absolute Gasteiger partial charge is 0.251 e. The number of anilines is 1. The van der Waals surface area contributed by atoms with E-state index in [9.17, 15) is 4.79 Å². The monoisotopic (exact) mass is 285 g/mol. The number of amides is 1. The van der Waals surface area contributed by atoms with Gasteiger partial charge in [-0.25, -0.2) is 0 Å². The SMILES string of the molecule is NNc1ccc(C(=O)NCCCOc2ccccc2)cc1. The van der Waals surface area contributed by atoms with Crippen LogP contribution >= 0.6 is 0 Å². The van der Waals surface area contributed by atoms with Crippen molar-refractivity contribution >= 4 is 11.6 Å². The fraction of sp³-hybridized carbons (Fsp3) is 0.188. The first-order chi connectivity index (χ1) is 10.3. The number of hydrogen-bond donors (Lipinski definition) is 3. The van der Waals surface area contributed by atoms with Gasteiger partial charge >= 0.3 is 0 Å². The highest BCUT2D eigenvalue weighted by Crippen LogP contribution is 2.09. The van der Waals surface area contributed by atoms with E-state index in [0.29, 0.717) is 18.7 Å². The minimum atomic E-state index is -0.0988. The second-order valence-electron chi connectivity index (χ2n) is 4.49. The van der Waals surface area contributed by atoms with Crippen molar-refractivity contribution in [2.45, 2.75) is 6.42 Å². The molecule has 0 atom stereocenters. The third-order valence-corrected chi connectivity index (χ3v) is 2.93. The Hall–Kier alpha value is -2.53. The molecule has 2 rings (SSSR count). The molecule has 0 aliphatic rings. The first-order valence-corrected chi connectivity index (χ1v) is 6.82. The second-order valence-corrected chi connectivity index (χ2v) is 4.49. The molecule has 0 heterocycles. The summed E-state index contributed by atoms with van der Waals surface area (Å²) in [7, 11) is 0. The van der Waals surface area contributed by atoms with E-state index in [1.807, 2.05) is 30.3 Å². The average molecular weight is 285 g/mol. The van der Waals surface area contributed by atoms with Gasteiger partial charge in [0.25, 0.3) is 5.91 Å². The van der Waals surface area contributed by atoms with Crippen LogP contribution in [-0.4, -0.2) is 19.1 Å². The summed E-state index contributed by atoms with van der Waals surface area (Å²) in [6, 6.07) is 16.6. The van der Waals surface area contributed by atoms with Gasteiger partial charge in [-0.2, -0.15) is 0 Å². The minimum Gasteiger partial charge on any atom is -0.494 e. The number of carbonyl (C=O) groups excluding carboxylic acids is 1. The van der Waals surface area contributed by atoms with Crippen LogP contribution in [0, 0.1) is 0 Å². The van der Waals surface area contributed by atoms with Gasteiger partial charge in [0.1, 0.15) is 5.75 Å². The van der Waals surface area contributed by atoms with Crippen LogP contribution in [0.4, 0.5) is 5.69 Å². The Morgan fingerprint density at radius 1 is 1.05 bits per heavy atom. The molecule has 2 aromatic carbocycles. The van der Waals surface area contributed by atoms with Gasteiger partial charge in [0.2, 0.25) is 0 Å². The molecule has 0 radical (unpaired) electrons. The second kappa shape index (κ2) is 7.91. The van der Waals surface area contributed by atoms with Crippen molar-refractivity contribution in [2.24, 2.45) is 5.84 Å². The summed E-state index contributed by atoms with van der Waals surface area (Å²) >= 11 is 0. The van der Waals surface area contributed by atoms with Crippen LogP contribution in [-0.2, 0) is 0 Å². The summed E-state index contributed by atoms with van der Waals surface area (Å²) in [4.78, 5) is 11.9. The Kier molecular flexibility index (Phi) is 5.60. The number of nitrogens with one attached hydrogen (secondary N) is 2. The van der Waals surface area contributed by atoms with E-state index in [0.717, 1.165) is 17.9 Å². The lowest BCUT2D eigenvalue weighted by Gasteiger charge is -2.08.